The first-order valence-electron chi connectivity index (χ1n) is 11.1. The summed E-state index contributed by atoms with van der Waals surface area (Å²) in [5.74, 6) is 1.23. The molecule has 170 valence electrons. The van der Waals surface area contributed by atoms with Gasteiger partial charge in [0, 0.05) is 49.3 Å². The van der Waals surface area contributed by atoms with Crippen LogP contribution in [-0.2, 0) is 4.79 Å². The standard InChI is InChI=1S/C25H29N7O/c1-3-22(32-12-10-26-11-13-32)25(33)31-21-9-5-8-20(15-21)30-24-16-23(27-17-28-24)29-19-7-4-6-18(2)14-19/h3-9,14-17,26H,10-13H2,1-2H3,(H,31,33)(H2,27,28,29,30). The summed E-state index contributed by atoms with van der Waals surface area (Å²) >= 11 is 0. The summed E-state index contributed by atoms with van der Waals surface area (Å²) in [7, 11) is 0. The molecule has 2 aromatic carbocycles. The Labute approximate surface area is 194 Å². The maximum atomic E-state index is 12.9. The Bertz CT molecular complexity index is 1140. The quantitative estimate of drug-likeness (QED) is 0.410. The van der Waals surface area contributed by atoms with Crippen molar-refractivity contribution in [1.29, 1.82) is 0 Å². The number of aromatic nitrogens is 2. The second-order valence-corrected chi connectivity index (χ2v) is 7.85. The maximum Gasteiger partial charge on any atom is 0.271 e. The monoisotopic (exact) mass is 443 g/mol. The molecule has 0 unspecified atom stereocenters. The van der Waals surface area contributed by atoms with Crippen molar-refractivity contribution in [2.75, 3.05) is 42.1 Å². The van der Waals surface area contributed by atoms with Crippen molar-refractivity contribution in [1.82, 2.24) is 20.2 Å². The molecule has 3 aromatic rings. The van der Waals surface area contributed by atoms with Crippen LogP contribution in [0.4, 0.5) is 28.7 Å². The van der Waals surface area contributed by atoms with Crippen LogP contribution in [0.2, 0.25) is 0 Å². The van der Waals surface area contributed by atoms with Crippen LogP contribution in [-0.4, -0.2) is 47.0 Å². The van der Waals surface area contributed by atoms with Crippen LogP contribution < -0.4 is 21.3 Å². The normalized spacial score (nSPS) is 14.0. The number of amides is 1. The number of carbonyl (C=O) groups excluding carboxylic acids is 1. The third kappa shape index (κ3) is 6.08. The van der Waals surface area contributed by atoms with Gasteiger partial charge < -0.3 is 26.2 Å². The highest BCUT2D eigenvalue weighted by Gasteiger charge is 2.18. The van der Waals surface area contributed by atoms with Crippen molar-refractivity contribution < 1.29 is 4.79 Å². The molecule has 1 aromatic heterocycles. The maximum absolute atomic E-state index is 12.9. The zero-order chi connectivity index (χ0) is 23.0. The number of aryl methyl sites for hydroxylation is 1. The second kappa shape index (κ2) is 10.6. The summed E-state index contributed by atoms with van der Waals surface area (Å²) in [5.41, 5.74) is 4.36. The lowest BCUT2D eigenvalue weighted by Gasteiger charge is -2.30. The number of nitrogens with zero attached hydrogens (tertiary/aromatic N) is 3. The van der Waals surface area contributed by atoms with E-state index in [-0.39, 0.29) is 5.91 Å². The molecule has 1 fully saturated rings. The van der Waals surface area contributed by atoms with Crippen molar-refractivity contribution in [3.8, 4) is 0 Å². The molecule has 4 N–H and O–H groups in total. The highest BCUT2D eigenvalue weighted by atomic mass is 16.2. The van der Waals surface area contributed by atoms with Crippen molar-refractivity contribution in [3.63, 3.8) is 0 Å². The van der Waals surface area contributed by atoms with E-state index in [9.17, 15) is 4.79 Å². The minimum atomic E-state index is -0.108. The molecular weight excluding hydrogens is 414 g/mol. The van der Waals surface area contributed by atoms with Gasteiger partial charge in [-0.05, 0) is 49.7 Å². The van der Waals surface area contributed by atoms with Gasteiger partial charge in [-0.25, -0.2) is 9.97 Å². The Morgan fingerprint density at radius 3 is 2.24 bits per heavy atom. The fraction of sp³-hybridized carbons (Fsp3) is 0.240. The molecule has 8 heteroatoms. The highest BCUT2D eigenvalue weighted by Crippen LogP contribution is 2.22. The second-order valence-electron chi connectivity index (χ2n) is 7.85. The first-order valence-corrected chi connectivity index (χ1v) is 11.1. The van der Waals surface area contributed by atoms with Crippen molar-refractivity contribution in [3.05, 3.63) is 78.3 Å². The van der Waals surface area contributed by atoms with Gasteiger partial charge in [-0.3, -0.25) is 4.79 Å². The summed E-state index contributed by atoms with van der Waals surface area (Å²) in [6, 6.07) is 17.5. The molecular formula is C25H29N7O. The molecule has 33 heavy (non-hydrogen) atoms. The number of nitrogens with one attached hydrogen (secondary N) is 4. The molecule has 0 bridgehead atoms. The number of rotatable bonds is 7. The number of piperazine rings is 1. The Balaban J connectivity index is 1.42. The molecule has 1 amide bonds. The van der Waals surface area contributed by atoms with E-state index < -0.39 is 0 Å². The summed E-state index contributed by atoms with van der Waals surface area (Å²) in [6.07, 6.45) is 3.38. The lowest BCUT2D eigenvalue weighted by Crippen LogP contribution is -2.45. The van der Waals surface area contributed by atoms with Gasteiger partial charge in [-0.2, -0.15) is 0 Å². The topological polar surface area (TPSA) is 94.2 Å². The molecule has 2 heterocycles. The minimum Gasteiger partial charge on any atom is -0.365 e. The van der Waals surface area contributed by atoms with E-state index in [2.05, 4.69) is 42.2 Å². The van der Waals surface area contributed by atoms with E-state index in [1.807, 2.05) is 68.5 Å². The van der Waals surface area contributed by atoms with Gasteiger partial charge in [-0.1, -0.05) is 24.3 Å². The predicted molar refractivity (Wildman–Crippen MR) is 133 cm³/mol. The fourth-order valence-electron chi connectivity index (χ4n) is 3.75. The van der Waals surface area contributed by atoms with E-state index in [4.69, 9.17) is 0 Å². The van der Waals surface area contributed by atoms with Gasteiger partial charge in [0.2, 0.25) is 0 Å². The number of hydrogen-bond donors (Lipinski definition) is 4. The van der Waals surface area contributed by atoms with Crippen LogP contribution in [0.3, 0.4) is 0 Å². The van der Waals surface area contributed by atoms with Crippen molar-refractivity contribution in [2.24, 2.45) is 0 Å². The SMILES string of the molecule is CC=C(C(=O)Nc1cccc(Nc2cc(Nc3cccc(C)c3)ncn2)c1)N1CCNCC1. The number of carbonyl (C=O) groups is 1. The van der Waals surface area contributed by atoms with Crippen LogP contribution >= 0.6 is 0 Å². The lowest BCUT2D eigenvalue weighted by molar-refractivity contribution is -0.114. The number of allylic oxidation sites excluding steroid dienone is 1. The average Bonchev–Trinajstić information content (AvgIpc) is 2.81. The van der Waals surface area contributed by atoms with Gasteiger partial charge >= 0.3 is 0 Å². The van der Waals surface area contributed by atoms with E-state index >= 15 is 0 Å². The molecule has 1 aliphatic rings. The largest absolute Gasteiger partial charge is 0.365 e. The molecule has 8 nitrogen and oxygen atoms in total. The van der Waals surface area contributed by atoms with Crippen LogP contribution in [0, 0.1) is 6.92 Å². The molecule has 1 aliphatic heterocycles. The van der Waals surface area contributed by atoms with Gasteiger partial charge in [0.05, 0.1) is 5.70 Å². The van der Waals surface area contributed by atoms with Crippen LogP contribution in [0.1, 0.15) is 12.5 Å². The van der Waals surface area contributed by atoms with Crippen LogP contribution in [0.25, 0.3) is 0 Å². The molecule has 0 aliphatic carbocycles. The molecule has 0 spiro atoms. The summed E-state index contributed by atoms with van der Waals surface area (Å²) in [5, 5.41) is 12.9. The first kappa shape index (κ1) is 22.3. The third-order valence-corrected chi connectivity index (χ3v) is 5.31. The average molecular weight is 444 g/mol. The summed E-state index contributed by atoms with van der Waals surface area (Å²) < 4.78 is 0. The Kier molecular flexibility index (Phi) is 7.16. The Morgan fingerprint density at radius 1 is 0.939 bits per heavy atom. The van der Waals surface area contributed by atoms with Crippen molar-refractivity contribution >= 4 is 34.6 Å². The van der Waals surface area contributed by atoms with E-state index in [0.29, 0.717) is 23.0 Å². The minimum absolute atomic E-state index is 0.108. The molecule has 0 saturated carbocycles. The van der Waals surface area contributed by atoms with Gasteiger partial charge in [-0.15, -0.1) is 0 Å². The van der Waals surface area contributed by atoms with E-state index in [1.165, 1.54) is 11.9 Å². The van der Waals surface area contributed by atoms with Crippen molar-refractivity contribution in [2.45, 2.75) is 13.8 Å². The number of hydrogen-bond acceptors (Lipinski definition) is 7. The first-order chi connectivity index (χ1) is 16.1. The van der Waals surface area contributed by atoms with Crippen LogP contribution in [0.15, 0.2) is 72.7 Å². The van der Waals surface area contributed by atoms with Gasteiger partial charge in [0.15, 0.2) is 0 Å². The molecule has 0 radical (unpaired) electrons. The molecule has 0 atom stereocenters. The Hall–Kier alpha value is -3.91. The number of benzene rings is 2. The molecule has 4 rings (SSSR count). The smallest absolute Gasteiger partial charge is 0.271 e. The third-order valence-electron chi connectivity index (χ3n) is 5.31. The van der Waals surface area contributed by atoms with E-state index in [0.717, 1.165) is 37.6 Å². The highest BCUT2D eigenvalue weighted by molar-refractivity contribution is 6.03. The predicted octanol–water partition coefficient (Wildman–Crippen LogP) is 4.02. The van der Waals surface area contributed by atoms with E-state index in [1.54, 1.807) is 0 Å². The van der Waals surface area contributed by atoms with Gasteiger partial charge in [0.25, 0.3) is 5.91 Å². The molecule has 1 saturated heterocycles. The summed E-state index contributed by atoms with van der Waals surface area (Å²) in [6.45, 7) is 7.34. The van der Waals surface area contributed by atoms with Gasteiger partial charge in [0.1, 0.15) is 18.0 Å². The zero-order valence-electron chi connectivity index (χ0n) is 18.9. The Morgan fingerprint density at radius 2 is 1.58 bits per heavy atom. The number of anilines is 5. The lowest BCUT2D eigenvalue weighted by atomic mass is 10.2. The van der Waals surface area contributed by atoms with Crippen LogP contribution in [0.5, 0.6) is 0 Å². The summed E-state index contributed by atoms with van der Waals surface area (Å²) in [4.78, 5) is 23.6. The fourth-order valence-corrected chi connectivity index (χ4v) is 3.75. The zero-order valence-corrected chi connectivity index (χ0v) is 18.9.